The molecule has 1 aromatic heterocycles. The van der Waals surface area contributed by atoms with Gasteiger partial charge in [0.05, 0.1) is 19.8 Å². The van der Waals surface area contributed by atoms with Crippen molar-refractivity contribution < 1.29 is 29.0 Å². The number of rotatable bonds is 9. The molecule has 2 aliphatic rings. The Kier molecular flexibility index (Phi) is 8.09. The maximum atomic E-state index is 13.1. The van der Waals surface area contributed by atoms with E-state index >= 15 is 0 Å². The van der Waals surface area contributed by atoms with Crippen LogP contribution >= 0.6 is 0 Å². The average Bonchev–Trinajstić information content (AvgIpc) is 3.25. The number of anilines is 1. The number of aromatic nitrogens is 1. The number of amides is 2. The summed E-state index contributed by atoms with van der Waals surface area (Å²) in [5, 5.41) is 15.5. The zero-order chi connectivity index (χ0) is 29.1. The molecular formula is C31H34N4O6. The lowest BCUT2D eigenvalue weighted by molar-refractivity contribution is -0.139. The molecule has 2 unspecified atom stereocenters. The van der Waals surface area contributed by atoms with E-state index in [0.29, 0.717) is 22.6 Å². The molecule has 2 fully saturated rings. The smallest absolute Gasteiger partial charge is 0.330 e. The van der Waals surface area contributed by atoms with Crippen LogP contribution in [0.2, 0.25) is 0 Å². The summed E-state index contributed by atoms with van der Waals surface area (Å²) in [5.41, 5.74) is 2.15. The maximum Gasteiger partial charge on any atom is 0.330 e. The van der Waals surface area contributed by atoms with Crippen molar-refractivity contribution >= 4 is 23.6 Å². The van der Waals surface area contributed by atoms with Crippen LogP contribution < -0.4 is 25.0 Å². The Morgan fingerprint density at radius 2 is 1.66 bits per heavy atom. The molecule has 2 aliphatic heterocycles. The molecule has 10 heteroatoms. The maximum absolute atomic E-state index is 13.1. The number of hydrogen-bond donors (Lipinski definition) is 3. The summed E-state index contributed by atoms with van der Waals surface area (Å²) in [4.78, 5) is 44.7. The molecule has 10 nitrogen and oxygen atoms in total. The van der Waals surface area contributed by atoms with Crippen LogP contribution in [0.25, 0.3) is 0 Å². The number of carbonyl (C=O) groups excluding carboxylic acids is 2. The molecule has 214 valence electrons. The highest BCUT2D eigenvalue weighted by molar-refractivity contribution is 5.97. The Morgan fingerprint density at radius 1 is 0.951 bits per heavy atom. The summed E-state index contributed by atoms with van der Waals surface area (Å²) in [7, 11) is 3.12. The van der Waals surface area contributed by atoms with Gasteiger partial charge in [-0.25, -0.2) is 9.78 Å². The van der Waals surface area contributed by atoms with Crippen LogP contribution in [0.4, 0.5) is 5.82 Å². The Morgan fingerprint density at radius 3 is 2.24 bits per heavy atom. The van der Waals surface area contributed by atoms with Crippen molar-refractivity contribution in [1.29, 1.82) is 0 Å². The van der Waals surface area contributed by atoms with Gasteiger partial charge < -0.3 is 30.1 Å². The van der Waals surface area contributed by atoms with Crippen LogP contribution in [-0.2, 0) is 4.79 Å². The summed E-state index contributed by atoms with van der Waals surface area (Å²) < 4.78 is 10.5. The van der Waals surface area contributed by atoms with Gasteiger partial charge >= 0.3 is 5.97 Å². The third-order valence-electron chi connectivity index (χ3n) is 8.06. The zero-order valence-corrected chi connectivity index (χ0v) is 23.3. The van der Waals surface area contributed by atoms with E-state index in [1.54, 1.807) is 37.4 Å². The number of fused-ring (bicyclic) bond motifs is 2. The fourth-order valence-corrected chi connectivity index (χ4v) is 5.99. The molecule has 3 N–H and O–H groups in total. The fraction of sp³-hybridized carbons (Fsp3) is 0.355. The van der Waals surface area contributed by atoms with Crippen LogP contribution in [0, 0.1) is 6.92 Å². The van der Waals surface area contributed by atoms with Gasteiger partial charge in [-0.15, -0.1) is 0 Å². The van der Waals surface area contributed by atoms with Gasteiger partial charge in [-0.2, -0.15) is 0 Å². The first-order valence-electron chi connectivity index (χ1n) is 13.7. The largest absolute Gasteiger partial charge is 0.497 e. The molecular weight excluding hydrogens is 524 g/mol. The SMILES string of the molecule is COc1ccc([C@H](NC(=O)c2ccc(N3C4CCC3CC(NC(=O)c3cccc(OC)c3C)C4)nc2)C(=O)O)cc1. The number of hydrogen-bond acceptors (Lipinski definition) is 7. The van der Waals surface area contributed by atoms with Crippen molar-refractivity contribution in [2.75, 3.05) is 19.1 Å². The third-order valence-corrected chi connectivity index (χ3v) is 8.06. The number of piperidine rings is 1. The van der Waals surface area contributed by atoms with Crippen LogP contribution in [0.3, 0.4) is 0 Å². The monoisotopic (exact) mass is 558 g/mol. The molecule has 5 rings (SSSR count). The molecule has 0 radical (unpaired) electrons. The third kappa shape index (κ3) is 5.82. The van der Waals surface area contributed by atoms with Crippen LogP contribution in [0.5, 0.6) is 11.5 Å². The molecule has 0 aliphatic carbocycles. The first-order chi connectivity index (χ1) is 19.8. The van der Waals surface area contributed by atoms with Gasteiger partial charge in [-0.1, -0.05) is 18.2 Å². The normalized spacial score (nSPS) is 20.2. The van der Waals surface area contributed by atoms with E-state index in [1.807, 2.05) is 31.2 Å². The minimum atomic E-state index is -1.21. The molecule has 41 heavy (non-hydrogen) atoms. The van der Waals surface area contributed by atoms with Crippen molar-refractivity contribution in [2.24, 2.45) is 0 Å². The summed E-state index contributed by atoms with van der Waals surface area (Å²) in [6.07, 6.45) is 5.09. The lowest BCUT2D eigenvalue weighted by atomic mass is 9.96. The number of carbonyl (C=O) groups is 3. The van der Waals surface area contributed by atoms with E-state index in [2.05, 4.69) is 20.5 Å². The summed E-state index contributed by atoms with van der Waals surface area (Å²) >= 11 is 0. The highest BCUT2D eigenvalue weighted by Crippen LogP contribution is 2.38. The highest BCUT2D eigenvalue weighted by Gasteiger charge is 2.42. The van der Waals surface area contributed by atoms with Gasteiger partial charge in [0.1, 0.15) is 17.3 Å². The van der Waals surface area contributed by atoms with Crippen LogP contribution in [-0.4, -0.2) is 60.2 Å². The van der Waals surface area contributed by atoms with Gasteiger partial charge in [0.2, 0.25) is 0 Å². The molecule has 0 spiro atoms. The van der Waals surface area contributed by atoms with Gasteiger partial charge in [-0.3, -0.25) is 9.59 Å². The minimum Gasteiger partial charge on any atom is -0.497 e. The lowest BCUT2D eigenvalue weighted by Gasteiger charge is -2.40. The zero-order valence-electron chi connectivity index (χ0n) is 23.3. The molecule has 3 atom stereocenters. The fourth-order valence-electron chi connectivity index (χ4n) is 5.99. The Balaban J connectivity index is 1.22. The molecule has 2 saturated heterocycles. The van der Waals surface area contributed by atoms with Crippen molar-refractivity contribution in [3.63, 3.8) is 0 Å². The number of nitrogens with zero attached hydrogens (tertiary/aromatic N) is 2. The van der Waals surface area contributed by atoms with Crippen molar-refractivity contribution in [1.82, 2.24) is 15.6 Å². The quantitative estimate of drug-likeness (QED) is 0.361. The van der Waals surface area contributed by atoms with Crippen LogP contribution in [0.15, 0.2) is 60.8 Å². The van der Waals surface area contributed by atoms with E-state index < -0.39 is 17.9 Å². The Labute approximate surface area is 238 Å². The predicted octanol–water partition coefficient (Wildman–Crippen LogP) is 3.89. The number of carboxylic acids is 1. The molecule has 2 aromatic carbocycles. The average molecular weight is 559 g/mol. The van der Waals surface area contributed by atoms with E-state index in [0.717, 1.165) is 37.1 Å². The number of ether oxygens (including phenoxy) is 2. The molecule has 2 bridgehead atoms. The van der Waals surface area contributed by atoms with Gasteiger partial charge in [0.25, 0.3) is 11.8 Å². The van der Waals surface area contributed by atoms with E-state index in [1.165, 1.54) is 13.3 Å². The van der Waals surface area contributed by atoms with Gasteiger partial charge in [-0.05, 0) is 74.6 Å². The van der Waals surface area contributed by atoms with Crippen LogP contribution in [0.1, 0.15) is 63.6 Å². The first kappa shape index (κ1) is 27.9. The van der Waals surface area contributed by atoms with E-state index in [4.69, 9.17) is 9.47 Å². The molecule has 3 aromatic rings. The number of aliphatic carboxylic acids is 1. The van der Waals surface area contributed by atoms with Gasteiger partial charge in [0, 0.05) is 35.4 Å². The topological polar surface area (TPSA) is 130 Å². The van der Waals surface area contributed by atoms with Crippen molar-refractivity contribution in [3.8, 4) is 11.5 Å². The predicted molar refractivity (Wildman–Crippen MR) is 153 cm³/mol. The second-order valence-corrected chi connectivity index (χ2v) is 10.5. The second kappa shape index (κ2) is 11.9. The minimum absolute atomic E-state index is 0.0535. The van der Waals surface area contributed by atoms with E-state index in [9.17, 15) is 19.5 Å². The number of carboxylic acid groups (broad SMARTS) is 1. The van der Waals surface area contributed by atoms with Gasteiger partial charge in [0.15, 0.2) is 6.04 Å². The van der Waals surface area contributed by atoms with Crippen molar-refractivity contribution in [2.45, 2.75) is 56.8 Å². The number of pyridine rings is 1. The van der Waals surface area contributed by atoms with Crippen molar-refractivity contribution in [3.05, 3.63) is 83.0 Å². The standard InChI is InChI=1S/C31H34N4O6/c1-18-25(5-4-6-26(18)41-3)30(37)33-21-15-22-10-11-23(16-21)35(22)27-14-9-20(17-32-27)29(36)34-28(31(38)39)19-7-12-24(40-2)13-8-19/h4-9,12-14,17,21-23,28H,10-11,15-16H2,1-3H3,(H,33,37)(H,34,36)(H,38,39)/t21?,22?,23?,28-/m0/s1. The summed E-state index contributed by atoms with van der Waals surface area (Å²) in [5.74, 6) is 0.270. The summed E-state index contributed by atoms with van der Waals surface area (Å²) in [6, 6.07) is 14.8. The summed E-state index contributed by atoms with van der Waals surface area (Å²) in [6.45, 7) is 1.89. The number of methoxy groups -OCH3 is 2. The Hall–Kier alpha value is -4.60. The number of nitrogens with one attached hydrogen (secondary N) is 2. The lowest BCUT2D eigenvalue weighted by Crippen LogP contribution is -2.50. The highest BCUT2D eigenvalue weighted by atomic mass is 16.5. The molecule has 3 heterocycles. The molecule has 2 amide bonds. The number of benzene rings is 2. The Bertz CT molecular complexity index is 1410. The second-order valence-electron chi connectivity index (χ2n) is 10.5. The first-order valence-corrected chi connectivity index (χ1v) is 13.7. The molecule has 0 saturated carbocycles. The van der Waals surface area contributed by atoms with E-state index in [-0.39, 0.29) is 29.6 Å².